The highest BCUT2D eigenvalue weighted by molar-refractivity contribution is 7.25. The normalized spacial score (nSPS) is 11.7. The monoisotopic (exact) mass is 643 g/mol. The van der Waals surface area contributed by atoms with Crippen molar-refractivity contribution in [2.24, 2.45) is 0 Å². The summed E-state index contributed by atoms with van der Waals surface area (Å²) in [5.74, 6) is 0. The van der Waals surface area contributed by atoms with Crippen LogP contribution in [0.25, 0.3) is 75.1 Å². The molecule has 0 aliphatic carbocycles. The van der Waals surface area contributed by atoms with Crippen LogP contribution in [0.2, 0.25) is 0 Å². The van der Waals surface area contributed by atoms with Gasteiger partial charge in [0.05, 0.1) is 0 Å². The smallest absolute Gasteiger partial charge is 0.135 e. The van der Waals surface area contributed by atoms with Gasteiger partial charge in [0.2, 0.25) is 0 Å². The first-order valence-corrected chi connectivity index (χ1v) is 17.4. The van der Waals surface area contributed by atoms with E-state index in [0.717, 1.165) is 39.0 Å². The Morgan fingerprint density at radius 2 is 1.00 bits per heavy atom. The number of fused-ring (bicyclic) bond motifs is 7. The molecule has 230 valence electrons. The number of anilines is 3. The number of nitrogens with zero attached hydrogens (tertiary/aromatic N) is 1. The molecule has 2 heterocycles. The number of thiophene rings is 1. The maximum atomic E-state index is 6.23. The van der Waals surface area contributed by atoms with Crippen LogP contribution in [-0.2, 0) is 0 Å². The number of para-hydroxylation sites is 1. The zero-order chi connectivity index (χ0) is 32.3. The van der Waals surface area contributed by atoms with E-state index < -0.39 is 0 Å². The zero-order valence-electron chi connectivity index (χ0n) is 26.5. The third-order valence-electron chi connectivity index (χ3n) is 9.64. The lowest BCUT2D eigenvalue weighted by molar-refractivity contribution is 0.669. The van der Waals surface area contributed by atoms with Gasteiger partial charge in [0.15, 0.2) is 0 Å². The topological polar surface area (TPSA) is 16.4 Å². The molecule has 0 fully saturated rings. The van der Waals surface area contributed by atoms with Crippen LogP contribution in [0.3, 0.4) is 0 Å². The predicted octanol–water partition coefficient (Wildman–Crippen LogP) is 13.9. The maximum Gasteiger partial charge on any atom is 0.135 e. The lowest BCUT2D eigenvalue weighted by Gasteiger charge is -2.27. The Labute approximate surface area is 287 Å². The fourth-order valence-corrected chi connectivity index (χ4v) is 8.41. The molecule has 2 nitrogen and oxygen atoms in total. The van der Waals surface area contributed by atoms with Crippen LogP contribution in [0, 0.1) is 0 Å². The fourth-order valence-electron chi connectivity index (χ4n) is 7.32. The largest absolute Gasteiger partial charge is 0.456 e. The highest BCUT2D eigenvalue weighted by Crippen LogP contribution is 2.42. The van der Waals surface area contributed by atoms with Crippen molar-refractivity contribution >= 4 is 81.3 Å². The summed E-state index contributed by atoms with van der Waals surface area (Å²) in [4.78, 5) is 2.37. The van der Waals surface area contributed by atoms with Gasteiger partial charge in [-0.15, -0.1) is 11.3 Å². The fraction of sp³-hybridized carbons (Fsp3) is 0. The second-order valence-corrected chi connectivity index (χ2v) is 13.6. The minimum absolute atomic E-state index is 0.888. The van der Waals surface area contributed by atoms with E-state index in [9.17, 15) is 0 Å². The number of hydrogen-bond donors (Lipinski definition) is 0. The molecule has 0 aliphatic heterocycles. The van der Waals surface area contributed by atoms with Gasteiger partial charge >= 0.3 is 0 Å². The Kier molecular flexibility index (Phi) is 6.39. The molecule has 8 aromatic carbocycles. The van der Waals surface area contributed by atoms with Gasteiger partial charge in [-0.05, 0) is 99.8 Å². The van der Waals surface area contributed by atoms with Crippen molar-refractivity contribution in [3.8, 4) is 22.3 Å². The van der Waals surface area contributed by atoms with Gasteiger partial charge < -0.3 is 9.32 Å². The van der Waals surface area contributed by atoms with Gasteiger partial charge in [0.25, 0.3) is 0 Å². The summed E-state index contributed by atoms with van der Waals surface area (Å²) in [5.41, 5.74) is 9.84. The molecule has 0 saturated carbocycles. The number of furan rings is 1. The van der Waals surface area contributed by atoms with Gasteiger partial charge in [0, 0.05) is 48.0 Å². The lowest BCUT2D eigenvalue weighted by atomic mass is 9.97. The highest BCUT2D eigenvalue weighted by atomic mass is 32.1. The van der Waals surface area contributed by atoms with Gasteiger partial charge in [-0.25, -0.2) is 0 Å². The Bertz CT molecular complexity index is 2850. The first kappa shape index (κ1) is 27.9. The van der Waals surface area contributed by atoms with Crippen LogP contribution in [-0.4, -0.2) is 0 Å². The molecule has 0 N–H and O–H groups in total. The number of benzene rings is 8. The molecule has 0 aliphatic rings. The van der Waals surface area contributed by atoms with Crippen LogP contribution < -0.4 is 4.90 Å². The summed E-state index contributed by atoms with van der Waals surface area (Å²) < 4.78 is 8.87. The Hall–Kier alpha value is -6.16. The van der Waals surface area contributed by atoms with Gasteiger partial charge in [-0.2, -0.15) is 0 Å². The molecule has 49 heavy (non-hydrogen) atoms. The second kappa shape index (κ2) is 11.2. The first-order valence-electron chi connectivity index (χ1n) is 16.6. The Morgan fingerprint density at radius 1 is 0.367 bits per heavy atom. The molecule has 10 aromatic rings. The van der Waals surface area contributed by atoms with Crippen LogP contribution in [0.1, 0.15) is 0 Å². The van der Waals surface area contributed by atoms with Gasteiger partial charge in [-0.3, -0.25) is 0 Å². The molecule has 2 aromatic heterocycles. The van der Waals surface area contributed by atoms with E-state index in [1.54, 1.807) is 0 Å². The number of hydrogen-bond acceptors (Lipinski definition) is 3. The van der Waals surface area contributed by atoms with E-state index in [0.29, 0.717) is 0 Å². The van der Waals surface area contributed by atoms with E-state index >= 15 is 0 Å². The summed E-state index contributed by atoms with van der Waals surface area (Å²) in [6.45, 7) is 0. The van der Waals surface area contributed by atoms with Crippen LogP contribution in [0.5, 0.6) is 0 Å². The van der Waals surface area contributed by atoms with Crippen LogP contribution in [0.15, 0.2) is 180 Å². The summed E-state index contributed by atoms with van der Waals surface area (Å²) in [6.07, 6.45) is 0. The summed E-state index contributed by atoms with van der Waals surface area (Å²) in [7, 11) is 0. The average Bonchev–Trinajstić information content (AvgIpc) is 3.73. The van der Waals surface area contributed by atoms with E-state index in [1.807, 2.05) is 23.5 Å². The van der Waals surface area contributed by atoms with Crippen molar-refractivity contribution in [3.63, 3.8) is 0 Å². The summed E-state index contributed by atoms with van der Waals surface area (Å²) in [5, 5.41) is 7.33. The van der Waals surface area contributed by atoms with Crippen LogP contribution >= 0.6 is 11.3 Å². The molecule has 0 bridgehead atoms. The SMILES string of the molecule is c1cc(-c2ccc3sc4ccccc4c3c2)cc(N(c2cccc(-c3cccc4ccccc34)c2)c2ccc3oc4ccccc4c3c2)c1. The third kappa shape index (κ3) is 4.70. The molecule has 0 atom stereocenters. The summed E-state index contributed by atoms with van der Waals surface area (Å²) in [6, 6.07) is 63.4. The molecule has 3 heteroatoms. The first-order chi connectivity index (χ1) is 24.3. The van der Waals surface area contributed by atoms with E-state index in [4.69, 9.17) is 4.42 Å². The summed E-state index contributed by atoms with van der Waals surface area (Å²) >= 11 is 1.85. The number of rotatable bonds is 5. The standard InChI is InChI=1S/C46H29NOS/c1-2-16-37-30(10-1)11-9-19-38(37)33-13-8-15-35(27-33)47(36-23-24-44-41(29-36)39-17-3-5-20-43(39)48-44)34-14-7-12-31(26-34)32-22-25-46-42(28-32)40-18-4-6-21-45(40)49-46/h1-29H. The van der Waals surface area contributed by atoms with E-state index in [1.165, 1.54) is 53.2 Å². The molecule has 0 amide bonds. The van der Waals surface area contributed by atoms with Crippen molar-refractivity contribution in [2.75, 3.05) is 4.90 Å². The van der Waals surface area contributed by atoms with Gasteiger partial charge in [0.1, 0.15) is 11.2 Å². The Balaban J connectivity index is 1.16. The van der Waals surface area contributed by atoms with Crippen molar-refractivity contribution in [1.82, 2.24) is 0 Å². The molecule has 0 spiro atoms. The van der Waals surface area contributed by atoms with Crippen LogP contribution in [0.4, 0.5) is 17.1 Å². The molecule has 0 unspecified atom stereocenters. The van der Waals surface area contributed by atoms with Crippen molar-refractivity contribution in [3.05, 3.63) is 176 Å². The molecular formula is C46H29NOS. The Morgan fingerprint density at radius 3 is 1.90 bits per heavy atom. The van der Waals surface area contributed by atoms with Crippen molar-refractivity contribution in [1.29, 1.82) is 0 Å². The molecule has 0 radical (unpaired) electrons. The minimum Gasteiger partial charge on any atom is -0.456 e. The highest BCUT2D eigenvalue weighted by Gasteiger charge is 2.18. The minimum atomic E-state index is 0.888. The van der Waals surface area contributed by atoms with E-state index in [2.05, 4.69) is 169 Å². The quantitative estimate of drug-likeness (QED) is 0.186. The molecule has 10 rings (SSSR count). The second-order valence-electron chi connectivity index (χ2n) is 12.6. The maximum absolute atomic E-state index is 6.23. The lowest BCUT2D eigenvalue weighted by Crippen LogP contribution is -2.10. The van der Waals surface area contributed by atoms with Crippen molar-refractivity contribution < 1.29 is 4.42 Å². The predicted molar refractivity (Wildman–Crippen MR) is 210 cm³/mol. The third-order valence-corrected chi connectivity index (χ3v) is 10.8. The average molecular weight is 644 g/mol. The van der Waals surface area contributed by atoms with Crippen molar-refractivity contribution in [2.45, 2.75) is 0 Å². The van der Waals surface area contributed by atoms with E-state index in [-0.39, 0.29) is 0 Å². The molecule has 0 saturated heterocycles. The zero-order valence-corrected chi connectivity index (χ0v) is 27.3. The van der Waals surface area contributed by atoms with Gasteiger partial charge in [-0.1, -0.05) is 109 Å². The molecular weight excluding hydrogens is 615 g/mol.